The van der Waals surface area contributed by atoms with Crippen molar-refractivity contribution in [3.05, 3.63) is 84.4 Å². The molecule has 3 aromatic rings. The van der Waals surface area contributed by atoms with Gasteiger partial charge in [0, 0.05) is 18.1 Å². The van der Waals surface area contributed by atoms with Crippen molar-refractivity contribution in [2.24, 2.45) is 0 Å². The minimum atomic E-state index is -0.334. The van der Waals surface area contributed by atoms with Gasteiger partial charge in [-0.2, -0.15) is 0 Å². The average molecular weight is 338 g/mol. The summed E-state index contributed by atoms with van der Waals surface area (Å²) < 4.78 is 20.3. The van der Waals surface area contributed by atoms with Crippen LogP contribution in [0.25, 0.3) is 0 Å². The van der Waals surface area contributed by atoms with Gasteiger partial charge < -0.3 is 14.6 Å². The molecule has 0 radical (unpaired) electrons. The molecule has 1 aromatic heterocycles. The number of hydrogen-bond acceptors (Lipinski definition) is 2. The first-order valence-electron chi connectivity index (χ1n) is 7.97. The normalized spacial score (nSPS) is 11.8. The molecule has 0 saturated heterocycles. The monoisotopic (exact) mass is 338 g/mol. The van der Waals surface area contributed by atoms with Crippen molar-refractivity contribution in [2.75, 3.05) is 12.4 Å². The van der Waals surface area contributed by atoms with Gasteiger partial charge in [0.2, 0.25) is 5.91 Å². The van der Waals surface area contributed by atoms with Crippen LogP contribution in [-0.4, -0.2) is 17.6 Å². The average Bonchev–Trinajstić information content (AvgIpc) is 3.16. The molecule has 1 N–H and O–H groups in total. The van der Waals surface area contributed by atoms with E-state index in [1.54, 1.807) is 19.2 Å². The van der Waals surface area contributed by atoms with Crippen molar-refractivity contribution in [1.82, 2.24) is 4.57 Å². The van der Waals surface area contributed by atoms with Crippen LogP contribution in [0.4, 0.5) is 10.1 Å². The van der Waals surface area contributed by atoms with Crippen molar-refractivity contribution in [3.63, 3.8) is 0 Å². The third-order valence-corrected chi connectivity index (χ3v) is 3.97. The lowest BCUT2D eigenvalue weighted by molar-refractivity contribution is -0.116. The number of carbonyl (C=O) groups is 1. The standard InChI is InChI=1S/C20H19FN2O2/c1-25-18-6-4-5-15(13-18)19(23-11-2-3-12-23)14-20(24)22-17-9-7-16(21)8-10-17/h2-13,19H,14H2,1H3,(H,22,24)/t19-/m1/s1. The Morgan fingerprint density at radius 1 is 1.12 bits per heavy atom. The first-order chi connectivity index (χ1) is 12.2. The molecule has 5 heteroatoms. The molecule has 2 aromatic carbocycles. The summed E-state index contributed by atoms with van der Waals surface area (Å²) in [4.78, 5) is 12.5. The van der Waals surface area contributed by atoms with Crippen molar-refractivity contribution in [3.8, 4) is 5.75 Å². The Labute approximate surface area is 145 Å². The number of nitrogens with zero attached hydrogens (tertiary/aromatic N) is 1. The number of rotatable bonds is 6. The summed E-state index contributed by atoms with van der Waals surface area (Å²) >= 11 is 0. The fraction of sp³-hybridized carbons (Fsp3) is 0.150. The largest absolute Gasteiger partial charge is 0.497 e. The number of benzene rings is 2. The SMILES string of the molecule is COc1cccc([C@@H](CC(=O)Nc2ccc(F)cc2)n2cccc2)c1. The van der Waals surface area contributed by atoms with Crippen LogP contribution >= 0.6 is 0 Å². The third kappa shape index (κ3) is 4.26. The topological polar surface area (TPSA) is 43.3 Å². The fourth-order valence-electron chi connectivity index (χ4n) is 2.72. The number of aromatic nitrogens is 1. The zero-order valence-corrected chi connectivity index (χ0v) is 13.9. The molecule has 0 aliphatic heterocycles. The fourth-order valence-corrected chi connectivity index (χ4v) is 2.72. The van der Waals surface area contributed by atoms with E-state index in [2.05, 4.69) is 5.32 Å². The first-order valence-corrected chi connectivity index (χ1v) is 7.97. The molecular weight excluding hydrogens is 319 g/mol. The summed E-state index contributed by atoms with van der Waals surface area (Å²) in [6.07, 6.45) is 4.10. The van der Waals surface area contributed by atoms with E-state index in [0.717, 1.165) is 11.3 Å². The van der Waals surface area contributed by atoms with Crippen molar-refractivity contribution >= 4 is 11.6 Å². The maximum atomic E-state index is 13.0. The van der Waals surface area contributed by atoms with Gasteiger partial charge in [0.1, 0.15) is 11.6 Å². The van der Waals surface area contributed by atoms with E-state index in [1.807, 2.05) is 53.4 Å². The minimum Gasteiger partial charge on any atom is -0.497 e. The number of hydrogen-bond donors (Lipinski definition) is 1. The molecule has 0 aliphatic rings. The lowest BCUT2D eigenvalue weighted by Crippen LogP contribution is -2.19. The van der Waals surface area contributed by atoms with Gasteiger partial charge >= 0.3 is 0 Å². The van der Waals surface area contributed by atoms with Crippen LogP contribution in [0.5, 0.6) is 5.75 Å². The maximum absolute atomic E-state index is 13.0. The predicted octanol–water partition coefficient (Wildman–Crippen LogP) is 4.25. The van der Waals surface area contributed by atoms with Gasteiger partial charge in [-0.05, 0) is 54.1 Å². The Kier molecular flexibility index (Phi) is 5.14. The zero-order valence-electron chi connectivity index (χ0n) is 13.9. The van der Waals surface area contributed by atoms with Crippen LogP contribution in [0, 0.1) is 5.82 Å². The minimum absolute atomic E-state index is 0.145. The van der Waals surface area contributed by atoms with Crippen molar-refractivity contribution in [1.29, 1.82) is 0 Å². The van der Waals surface area contributed by atoms with E-state index < -0.39 is 0 Å². The highest BCUT2D eigenvalue weighted by Gasteiger charge is 2.18. The van der Waals surface area contributed by atoms with Crippen LogP contribution < -0.4 is 10.1 Å². The van der Waals surface area contributed by atoms with E-state index >= 15 is 0 Å². The zero-order chi connectivity index (χ0) is 17.6. The maximum Gasteiger partial charge on any atom is 0.226 e. The second kappa shape index (κ2) is 7.66. The summed E-state index contributed by atoms with van der Waals surface area (Å²) in [6.45, 7) is 0. The van der Waals surface area contributed by atoms with Gasteiger partial charge in [-0.25, -0.2) is 4.39 Å². The van der Waals surface area contributed by atoms with Crippen molar-refractivity contribution in [2.45, 2.75) is 12.5 Å². The highest BCUT2D eigenvalue weighted by atomic mass is 19.1. The van der Waals surface area contributed by atoms with E-state index in [9.17, 15) is 9.18 Å². The Morgan fingerprint density at radius 3 is 2.52 bits per heavy atom. The van der Waals surface area contributed by atoms with E-state index in [1.165, 1.54) is 12.1 Å². The Morgan fingerprint density at radius 2 is 1.84 bits per heavy atom. The molecule has 25 heavy (non-hydrogen) atoms. The van der Waals surface area contributed by atoms with E-state index in [-0.39, 0.29) is 24.2 Å². The van der Waals surface area contributed by atoms with Crippen LogP contribution in [0.3, 0.4) is 0 Å². The first kappa shape index (κ1) is 16.8. The molecule has 0 saturated carbocycles. The molecule has 0 aliphatic carbocycles. The van der Waals surface area contributed by atoms with Crippen LogP contribution in [-0.2, 0) is 4.79 Å². The van der Waals surface area contributed by atoms with Gasteiger partial charge in [0.25, 0.3) is 0 Å². The number of carbonyl (C=O) groups excluding carboxylic acids is 1. The third-order valence-electron chi connectivity index (χ3n) is 3.97. The van der Waals surface area contributed by atoms with Crippen LogP contribution in [0.15, 0.2) is 73.1 Å². The number of ether oxygens (including phenoxy) is 1. The smallest absolute Gasteiger partial charge is 0.226 e. The van der Waals surface area contributed by atoms with Gasteiger partial charge in [-0.15, -0.1) is 0 Å². The molecule has 4 nitrogen and oxygen atoms in total. The molecule has 0 unspecified atom stereocenters. The summed E-state index contributed by atoms with van der Waals surface area (Å²) in [5.41, 5.74) is 1.55. The number of halogens is 1. The highest BCUT2D eigenvalue weighted by Crippen LogP contribution is 2.26. The molecule has 1 heterocycles. The lowest BCUT2D eigenvalue weighted by atomic mass is 10.0. The summed E-state index contributed by atoms with van der Waals surface area (Å²) in [5.74, 6) is 0.265. The second-order valence-electron chi connectivity index (χ2n) is 5.68. The van der Waals surface area contributed by atoms with E-state index in [0.29, 0.717) is 5.69 Å². The molecule has 3 rings (SSSR count). The number of nitrogens with one attached hydrogen (secondary N) is 1. The molecule has 0 bridgehead atoms. The Balaban J connectivity index is 1.80. The second-order valence-corrected chi connectivity index (χ2v) is 5.68. The number of amides is 1. The van der Waals surface area contributed by atoms with E-state index in [4.69, 9.17) is 4.74 Å². The quantitative estimate of drug-likeness (QED) is 0.730. The van der Waals surface area contributed by atoms with Gasteiger partial charge in [0.15, 0.2) is 0 Å². The van der Waals surface area contributed by atoms with Crippen molar-refractivity contribution < 1.29 is 13.9 Å². The number of anilines is 1. The van der Waals surface area contributed by atoms with Crippen LogP contribution in [0.1, 0.15) is 18.0 Å². The summed E-state index contributed by atoms with van der Waals surface area (Å²) in [6, 6.07) is 17.1. The van der Waals surface area contributed by atoms with Crippen LogP contribution in [0.2, 0.25) is 0 Å². The Hall–Kier alpha value is -3.08. The highest BCUT2D eigenvalue weighted by molar-refractivity contribution is 5.91. The molecule has 128 valence electrons. The summed E-state index contributed by atoms with van der Waals surface area (Å²) in [7, 11) is 1.62. The van der Waals surface area contributed by atoms with Gasteiger partial charge in [-0.1, -0.05) is 12.1 Å². The Bertz CT molecular complexity index is 829. The lowest BCUT2D eigenvalue weighted by Gasteiger charge is -2.20. The number of methoxy groups -OCH3 is 1. The molecule has 1 amide bonds. The molecular formula is C20H19FN2O2. The summed E-state index contributed by atoms with van der Waals surface area (Å²) in [5, 5.41) is 2.81. The van der Waals surface area contributed by atoms with Gasteiger partial charge in [0.05, 0.1) is 19.6 Å². The molecule has 0 spiro atoms. The molecule has 1 atom stereocenters. The predicted molar refractivity (Wildman–Crippen MR) is 95.2 cm³/mol. The molecule has 0 fully saturated rings. The van der Waals surface area contributed by atoms with Gasteiger partial charge in [-0.3, -0.25) is 4.79 Å².